The van der Waals surface area contributed by atoms with E-state index in [0.717, 1.165) is 12.6 Å². The van der Waals surface area contributed by atoms with Gasteiger partial charge < -0.3 is 31.2 Å². The molecule has 0 unspecified atom stereocenters. The van der Waals surface area contributed by atoms with Crippen molar-refractivity contribution in [2.24, 2.45) is 5.92 Å². The number of unbranched alkanes of at least 4 members (excludes halogenated alkanes) is 2. The quantitative estimate of drug-likeness (QED) is 0.136. The van der Waals surface area contributed by atoms with E-state index in [-0.39, 0.29) is 42.0 Å². The number of ketones is 1. The van der Waals surface area contributed by atoms with E-state index in [2.05, 4.69) is 42.7 Å². The summed E-state index contributed by atoms with van der Waals surface area (Å²) in [4.78, 5) is 82.0. The Bertz CT molecular complexity index is 1120. The molecule has 5 N–H and O–H groups in total. The van der Waals surface area contributed by atoms with E-state index in [4.69, 9.17) is 0 Å². The number of carbonyl (C=O) groups excluding carboxylic acids is 5. The van der Waals surface area contributed by atoms with Gasteiger partial charge in [-0.05, 0) is 44.2 Å². The summed E-state index contributed by atoms with van der Waals surface area (Å²) in [5, 5.41) is 11.1. The largest absolute Gasteiger partial charge is 0.352 e. The van der Waals surface area contributed by atoms with Crippen molar-refractivity contribution in [3.8, 4) is 0 Å². The first-order valence-corrected chi connectivity index (χ1v) is 14.1. The van der Waals surface area contributed by atoms with Gasteiger partial charge in [0.25, 0.3) is 5.91 Å². The first kappa shape index (κ1) is 33.3. The minimum absolute atomic E-state index is 0.199. The predicted octanol–water partition coefficient (Wildman–Crippen LogP) is 0.0429. The fraction of sp³-hybridized carbons (Fsp3) is 0.607. The number of carbonyl (C=O) groups is 5. The highest BCUT2D eigenvalue weighted by molar-refractivity contribution is 5.98. The average molecular weight is 574 g/mol. The molecule has 0 bridgehead atoms. The van der Waals surface area contributed by atoms with Crippen LogP contribution in [0.15, 0.2) is 29.8 Å². The number of amides is 4. The van der Waals surface area contributed by atoms with E-state index in [9.17, 15) is 28.8 Å². The summed E-state index contributed by atoms with van der Waals surface area (Å²) in [5.74, 6) is -2.05. The zero-order valence-electron chi connectivity index (χ0n) is 24.2. The summed E-state index contributed by atoms with van der Waals surface area (Å²) in [5.41, 5.74) is -1.46. The first-order chi connectivity index (χ1) is 19.5. The smallest absolute Gasteiger partial charge is 0.344 e. The predicted molar refractivity (Wildman–Crippen MR) is 153 cm³/mol. The molecule has 0 spiro atoms. The molecule has 1 aliphatic heterocycles. The van der Waals surface area contributed by atoms with Gasteiger partial charge in [-0.3, -0.25) is 24.0 Å². The molecule has 2 rings (SSSR count). The van der Waals surface area contributed by atoms with Gasteiger partial charge in [0, 0.05) is 38.4 Å². The van der Waals surface area contributed by atoms with Gasteiger partial charge in [0.2, 0.25) is 17.7 Å². The number of rotatable bonds is 16. The Labute approximate surface area is 240 Å². The first-order valence-electron chi connectivity index (χ1n) is 14.1. The van der Waals surface area contributed by atoms with Crippen LogP contribution >= 0.6 is 0 Å². The second kappa shape index (κ2) is 16.4. The van der Waals surface area contributed by atoms with Gasteiger partial charge in [-0.1, -0.05) is 33.8 Å². The third-order valence-corrected chi connectivity index (χ3v) is 7.17. The summed E-state index contributed by atoms with van der Waals surface area (Å²) in [6, 6.07) is -0.837. The number of nitrogens with one attached hydrogen (secondary N) is 5. The molecule has 13 nitrogen and oxygen atoms in total. The van der Waals surface area contributed by atoms with Crippen LogP contribution in [0.25, 0.3) is 0 Å². The van der Waals surface area contributed by atoms with E-state index >= 15 is 0 Å². The van der Waals surface area contributed by atoms with Gasteiger partial charge in [0.1, 0.15) is 11.6 Å². The molecule has 1 aromatic heterocycles. The second-order valence-corrected chi connectivity index (χ2v) is 10.5. The maximum atomic E-state index is 13.4. The SMILES string of the molecule is C=CC(=O)CNC(=O)C1(NC(=O)[C@@H](NC(=O)CCCCCNC(=O)c2cnc(=O)[nH]c2)C(C)C)CCN(CC)CC1. The van der Waals surface area contributed by atoms with Crippen LogP contribution < -0.4 is 27.0 Å². The van der Waals surface area contributed by atoms with E-state index in [1.165, 1.54) is 12.4 Å². The molecule has 1 aliphatic rings. The van der Waals surface area contributed by atoms with Crippen molar-refractivity contribution < 1.29 is 24.0 Å². The van der Waals surface area contributed by atoms with Gasteiger partial charge in [-0.15, -0.1) is 0 Å². The number of aromatic amines is 1. The van der Waals surface area contributed by atoms with E-state index < -0.39 is 29.1 Å². The van der Waals surface area contributed by atoms with Crippen molar-refractivity contribution in [3.05, 3.63) is 41.1 Å². The molecule has 226 valence electrons. The Morgan fingerprint density at radius 3 is 2.41 bits per heavy atom. The Balaban J connectivity index is 1.86. The van der Waals surface area contributed by atoms with Crippen LogP contribution in [0.1, 0.15) is 69.7 Å². The number of piperidine rings is 1. The Morgan fingerprint density at radius 2 is 1.83 bits per heavy atom. The fourth-order valence-electron chi connectivity index (χ4n) is 4.52. The molecule has 1 atom stereocenters. The van der Waals surface area contributed by atoms with Crippen molar-refractivity contribution in [2.75, 3.05) is 32.7 Å². The maximum absolute atomic E-state index is 13.4. The minimum Gasteiger partial charge on any atom is -0.352 e. The molecular weight excluding hydrogens is 530 g/mol. The number of hydrogen-bond donors (Lipinski definition) is 5. The summed E-state index contributed by atoms with van der Waals surface area (Å²) in [7, 11) is 0. The minimum atomic E-state index is -1.18. The molecule has 0 radical (unpaired) electrons. The molecule has 1 saturated heterocycles. The van der Waals surface area contributed by atoms with Crippen LogP contribution in [-0.2, 0) is 19.2 Å². The highest BCUT2D eigenvalue weighted by atomic mass is 16.2. The lowest BCUT2D eigenvalue weighted by Crippen LogP contribution is -2.66. The summed E-state index contributed by atoms with van der Waals surface area (Å²) in [6.07, 6.45) is 6.48. The van der Waals surface area contributed by atoms with Gasteiger partial charge in [-0.25, -0.2) is 9.78 Å². The lowest BCUT2D eigenvalue weighted by atomic mass is 9.85. The van der Waals surface area contributed by atoms with Crippen molar-refractivity contribution in [2.45, 2.75) is 70.9 Å². The van der Waals surface area contributed by atoms with Crippen LogP contribution in [0.2, 0.25) is 0 Å². The molecule has 41 heavy (non-hydrogen) atoms. The maximum Gasteiger partial charge on any atom is 0.344 e. The molecular formula is C28H43N7O6. The number of hydrogen-bond acceptors (Lipinski definition) is 8. The highest BCUT2D eigenvalue weighted by Crippen LogP contribution is 2.23. The van der Waals surface area contributed by atoms with E-state index in [0.29, 0.717) is 51.7 Å². The number of H-pyrrole nitrogens is 1. The Kier molecular flexibility index (Phi) is 13.3. The molecule has 0 saturated carbocycles. The zero-order chi connectivity index (χ0) is 30.4. The number of aromatic nitrogens is 2. The lowest BCUT2D eigenvalue weighted by molar-refractivity contribution is -0.138. The normalized spacial score (nSPS) is 15.4. The zero-order valence-corrected chi connectivity index (χ0v) is 24.2. The van der Waals surface area contributed by atoms with Crippen molar-refractivity contribution in [3.63, 3.8) is 0 Å². The molecule has 4 amide bonds. The topological polar surface area (TPSA) is 182 Å². The second-order valence-electron chi connectivity index (χ2n) is 10.5. The van der Waals surface area contributed by atoms with Crippen molar-refractivity contribution in [1.29, 1.82) is 0 Å². The van der Waals surface area contributed by atoms with Crippen LogP contribution in [0.5, 0.6) is 0 Å². The average Bonchev–Trinajstić information content (AvgIpc) is 2.96. The van der Waals surface area contributed by atoms with E-state index in [1.807, 2.05) is 20.8 Å². The van der Waals surface area contributed by atoms with Gasteiger partial charge in [-0.2, -0.15) is 0 Å². The fourth-order valence-corrected chi connectivity index (χ4v) is 4.52. The van der Waals surface area contributed by atoms with Gasteiger partial charge >= 0.3 is 5.69 Å². The van der Waals surface area contributed by atoms with Crippen LogP contribution in [0, 0.1) is 5.92 Å². The standard InChI is InChI=1S/C28H43N7O6/c1-5-21(36)18-30-26(40)28(11-14-35(6-2)15-12-28)34-25(39)23(19(3)4)33-22(37)10-8-7-9-13-29-24(38)20-16-31-27(41)32-17-20/h5,16-17,19,23H,1,6-15,18H2,2-4H3,(H,29,38)(H,30,40)(H,33,37)(H,34,39)(H,31,32,41)/t23-/m0/s1. The number of likely N-dealkylation sites (tertiary alicyclic amines) is 1. The highest BCUT2D eigenvalue weighted by Gasteiger charge is 2.44. The molecule has 0 aliphatic carbocycles. The molecule has 13 heteroatoms. The van der Waals surface area contributed by atoms with Gasteiger partial charge in [0.05, 0.1) is 12.1 Å². The van der Waals surface area contributed by atoms with Crippen LogP contribution in [-0.4, -0.2) is 88.6 Å². The molecule has 0 aromatic carbocycles. The third-order valence-electron chi connectivity index (χ3n) is 7.17. The van der Waals surface area contributed by atoms with E-state index in [1.54, 1.807) is 0 Å². The third kappa shape index (κ3) is 10.6. The summed E-state index contributed by atoms with van der Waals surface area (Å²) < 4.78 is 0. The molecule has 2 heterocycles. The summed E-state index contributed by atoms with van der Waals surface area (Å²) in [6.45, 7) is 11.3. The Morgan fingerprint density at radius 1 is 1.12 bits per heavy atom. The van der Waals surface area contributed by atoms with Crippen molar-refractivity contribution >= 4 is 29.4 Å². The monoisotopic (exact) mass is 573 g/mol. The Hall–Kier alpha value is -3.87. The summed E-state index contributed by atoms with van der Waals surface area (Å²) >= 11 is 0. The molecule has 1 aromatic rings. The van der Waals surface area contributed by atoms with Crippen molar-refractivity contribution in [1.82, 2.24) is 36.1 Å². The number of nitrogens with zero attached hydrogens (tertiary/aromatic N) is 2. The van der Waals surface area contributed by atoms with Crippen LogP contribution in [0.4, 0.5) is 0 Å². The van der Waals surface area contributed by atoms with Gasteiger partial charge in [0.15, 0.2) is 5.78 Å². The van der Waals surface area contributed by atoms with Crippen LogP contribution in [0.3, 0.4) is 0 Å². The lowest BCUT2D eigenvalue weighted by Gasteiger charge is -2.41. The molecule has 1 fully saturated rings.